The van der Waals surface area contributed by atoms with E-state index in [1.54, 1.807) is 0 Å². The molecular weight excluding hydrogens is 264 g/mol. The van der Waals surface area contributed by atoms with E-state index >= 15 is 0 Å². The van der Waals surface area contributed by atoms with Gasteiger partial charge in [-0.1, -0.05) is 12.2 Å². The van der Waals surface area contributed by atoms with E-state index in [1.165, 1.54) is 0 Å². The summed E-state index contributed by atoms with van der Waals surface area (Å²) in [5.41, 5.74) is 5.08. The van der Waals surface area contributed by atoms with Crippen molar-refractivity contribution < 1.29 is 14.3 Å². The van der Waals surface area contributed by atoms with Gasteiger partial charge in [0.25, 0.3) is 0 Å². The predicted octanol–water partition coefficient (Wildman–Crippen LogP) is 0.612. The first-order chi connectivity index (χ1) is 9.15. The van der Waals surface area contributed by atoms with Crippen molar-refractivity contribution in [3.63, 3.8) is 0 Å². The number of hydrogen-bond donors (Lipinski definition) is 2. The largest absolute Gasteiger partial charge is 0.392 e. The Morgan fingerprint density at radius 3 is 2.63 bits per heavy atom. The second-order valence-corrected chi connectivity index (χ2v) is 5.79. The molecule has 2 rings (SSSR count). The van der Waals surface area contributed by atoms with Crippen LogP contribution in [-0.2, 0) is 14.3 Å². The van der Waals surface area contributed by atoms with Gasteiger partial charge >= 0.3 is 0 Å². The molecule has 19 heavy (non-hydrogen) atoms. The van der Waals surface area contributed by atoms with Crippen molar-refractivity contribution in [1.82, 2.24) is 5.32 Å². The summed E-state index contributed by atoms with van der Waals surface area (Å²) >= 11 is 5.11. The van der Waals surface area contributed by atoms with Crippen molar-refractivity contribution in [2.75, 3.05) is 33.0 Å². The number of nitrogens with one attached hydrogen (secondary N) is 1. The average molecular weight is 286 g/mol. The third-order valence-electron chi connectivity index (χ3n) is 4.06. The first-order valence-corrected chi connectivity index (χ1v) is 7.30. The Labute approximate surface area is 119 Å². The van der Waals surface area contributed by atoms with Crippen LogP contribution in [0.2, 0.25) is 0 Å². The van der Waals surface area contributed by atoms with Crippen molar-refractivity contribution in [3.8, 4) is 0 Å². The third-order valence-corrected chi connectivity index (χ3v) is 4.45. The van der Waals surface area contributed by atoms with Gasteiger partial charge in [-0.15, -0.1) is 0 Å². The molecule has 5 nitrogen and oxygen atoms in total. The Hall–Kier alpha value is -0.720. The van der Waals surface area contributed by atoms with Gasteiger partial charge in [-0.25, -0.2) is 0 Å². The van der Waals surface area contributed by atoms with Gasteiger partial charge in [-0.3, -0.25) is 4.79 Å². The highest BCUT2D eigenvalue weighted by Crippen LogP contribution is 2.31. The highest BCUT2D eigenvalue weighted by molar-refractivity contribution is 7.80. The SMILES string of the molecule is NC(=S)C1(C(=O)NCC2CCCOC2)CCOCC1. The van der Waals surface area contributed by atoms with Crippen LogP contribution in [0.25, 0.3) is 0 Å². The molecule has 1 atom stereocenters. The number of hydrogen-bond acceptors (Lipinski definition) is 4. The van der Waals surface area contributed by atoms with Crippen molar-refractivity contribution in [3.05, 3.63) is 0 Å². The van der Waals surface area contributed by atoms with E-state index in [2.05, 4.69) is 5.32 Å². The quantitative estimate of drug-likeness (QED) is 0.741. The fourth-order valence-corrected chi connectivity index (χ4v) is 2.98. The maximum Gasteiger partial charge on any atom is 0.233 e. The molecule has 2 aliphatic rings. The second kappa shape index (κ2) is 6.63. The molecule has 0 saturated carbocycles. The molecule has 2 heterocycles. The van der Waals surface area contributed by atoms with Crippen LogP contribution in [0.5, 0.6) is 0 Å². The van der Waals surface area contributed by atoms with E-state index in [0.29, 0.717) is 38.5 Å². The summed E-state index contributed by atoms with van der Waals surface area (Å²) in [5, 5.41) is 3.00. The van der Waals surface area contributed by atoms with Crippen LogP contribution < -0.4 is 11.1 Å². The van der Waals surface area contributed by atoms with Gasteiger partial charge in [0.1, 0.15) is 5.41 Å². The Bertz CT molecular complexity index is 337. The minimum absolute atomic E-state index is 0.0473. The number of thiocarbonyl (C=S) groups is 1. The fraction of sp³-hybridized carbons (Fsp3) is 0.846. The normalized spacial score (nSPS) is 26.6. The topological polar surface area (TPSA) is 73.6 Å². The van der Waals surface area contributed by atoms with E-state index in [4.69, 9.17) is 27.4 Å². The molecule has 0 aromatic rings. The van der Waals surface area contributed by atoms with Crippen molar-refractivity contribution in [1.29, 1.82) is 0 Å². The van der Waals surface area contributed by atoms with Gasteiger partial charge in [0.15, 0.2) is 0 Å². The predicted molar refractivity (Wildman–Crippen MR) is 75.8 cm³/mol. The zero-order chi connectivity index (χ0) is 13.7. The van der Waals surface area contributed by atoms with E-state index < -0.39 is 5.41 Å². The molecule has 2 aliphatic heterocycles. The number of nitrogens with two attached hydrogens (primary N) is 1. The highest BCUT2D eigenvalue weighted by atomic mass is 32.1. The first kappa shape index (κ1) is 14.7. The van der Waals surface area contributed by atoms with Gasteiger partial charge in [0.2, 0.25) is 5.91 Å². The summed E-state index contributed by atoms with van der Waals surface area (Å²) in [7, 11) is 0. The summed E-state index contributed by atoms with van der Waals surface area (Å²) in [6.45, 7) is 3.28. The van der Waals surface area contributed by atoms with Crippen LogP contribution in [0.1, 0.15) is 25.7 Å². The molecule has 0 radical (unpaired) electrons. The average Bonchev–Trinajstić information content (AvgIpc) is 2.46. The van der Waals surface area contributed by atoms with Crippen molar-refractivity contribution in [2.45, 2.75) is 25.7 Å². The van der Waals surface area contributed by atoms with Crippen LogP contribution in [0.15, 0.2) is 0 Å². The number of carbonyl (C=O) groups is 1. The minimum atomic E-state index is -0.719. The maximum atomic E-state index is 12.4. The molecule has 108 valence electrons. The minimum Gasteiger partial charge on any atom is -0.392 e. The lowest BCUT2D eigenvalue weighted by Crippen LogP contribution is -2.52. The standard InChI is InChI=1S/C13H22N2O3S/c14-11(19)13(3-6-17-7-4-13)12(16)15-8-10-2-1-5-18-9-10/h10H,1-9H2,(H2,14,19)(H,15,16). The zero-order valence-corrected chi connectivity index (χ0v) is 12.0. The zero-order valence-electron chi connectivity index (χ0n) is 11.2. The molecule has 0 aromatic heterocycles. The Kier molecular flexibility index (Phi) is 5.13. The van der Waals surface area contributed by atoms with E-state index in [0.717, 1.165) is 26.1 Å². The van der Waals surface area contributed by atoms with Crippen LogP contribution >= 0.6 is 12.2 Å². The van der Waals surface area contributed by atoms with Crippen LogP contribution in [0.3, 0.4) is 0 Å². The maximum absolute atomic E-state index is 12.4. The van der Waals surface area contributed by atoms with Gasteiger partial charge in [0, 0.05) is 26.4 Å². The molecular formula is C13H22N2O3S. The molecule has 0 aromatic carbocycles. The lowest BCUT2D eigenvalue weighted by Gasteiger charge is -2.35. The molecule has 1 amide bonds. The van der Waals surface area contributed by atoms with E-state index in [1.807, 2.05) is 0 Å². The van der Waals surface area contributed by atoms with Gasteiger partial charge in [0.05, 0.1) is 11.6 Å². The Balaban J connectivity index is 1.90. The highest BCUT2D eigenvalue weighted by Gasteiger charge is 2.42. The lowest BCUT2D eigenvalue weighted by atomic mass is 9.79. The summed E-state index contributed by atoms with van der Waals surface area (Å²) in [6.07, 6.45) is 3.32. The summed E-state index contributed by atoms with van der Waals surface area (Å²) in [4.78, 5) is 12.7. The van der Waals surface area contributed by atoms with Crippen LogP contribution in [0.4, 0.5) is 0 Å². The molecule has 6 heteroatoms. The van der Waals surface area contributed by atoms with Crippen LogP contribution in [0, 0.1) is 11.3 Å². The summed E-state index contributed by atoms with van der Waals surface area (Å²) < 4.78 is 10.7. The Morgan fingerprint density at radius 1 is 1.32 bits per heavy atom. The Morgan fingerprint density at radius 2 is 2.05 bits per heavy atom. The van der Waals surface area contributed by atoms with Crippen molar-refractivity contribution in [2.24, 2.45) is 17.1 Å². The number of rotatable bonds is 4. The molecule has 1 unspecified atom stereocenters. The van der Waals surface area contributed by atoms with Crippen molar-refractivity contribution >= 4 is 23.1 Å². The van der Waals surface area contributed by atoms with Crippen LogP contribution in [-0.4, -0.2) is 43.9 Å². The summed E-state index contributed by atoms with van der Waals surface area (Å²) in [5.74, 6) is 0.356. The lowest BCUT2D eigenvalue weighted by molar-refractivity contribution is -0.131. The molecule has 2 saturated heterocycles. The monoisotopic (exact) mass is 286 g/mol. The second-order valence-electron chi connectivity index (χ2n) is 5.35. The molecule has 0 spiro atoms. The summed E-state index contributed by atoms with van der Waals surface area (Å²) in [6, 6.07) is 0. The smallest absolute Gasteiger partial charge is 0.233 e. The van der Waals surface area contributed by atoms with Gasteiger partial charge in [-0.2, -0.15) is 0 Å². The molecule has 0 aliphatic carbocycles. The number of carbonyl (C=O) groups excluding carboxylic acids is 1. The number of ether oxygens (including phenoxy) is 2. The molecule has 0 bridgehead atoms. The van der Waals surface area contributed by atoms with Gasteiger partial charge in [-0.05, 0) is 31.6 Å². The molecule has 2 fully saturated rings. The fourth-order valence-electron chi connectivity index (χ4n) is 2.68. The van der Waals surface area contributed by atoms with E-state index in [-0.39, 0.29) is 10.9 Å². The first-order valence-electron chi connectivity index (χ1n) is 6.89. The molecule has 3 N–H and O–H groups in total. The number of amides is 1. The van der Waals surface area contributed by atoms with E-state index in [9.17, 15) is 4.79 Å². The van der Waals surface area contributed by atoms with Gasteiger partial charge < -0.3 is 20.5 Å². The third kappa shape index (κ3) is 3.43.